The summed E-state index contributed by atoms with van der Waals surface area (Å²) in [5.41, 5.74) is 3.14. The van der Waals surface area contributed by atoms with Crippen LogP contribution in [0.2, 0.25) is 0 Å². The zero-order valence-corrected chi connectivity index (χ0v) is 9.74. The average Bonchev–Trinajstić information content (AvgIpc) is 2.61. The Bertz CT molecular complexity index is 593. The summed E-state index contributed by atoms with van der Waals surface area (Å²) in [5.74, 6) is -0.325. The molecule has 0 aliphatic heterocycles. The molecule has 0 spiro atoms. The second kappa shape index (κ2) is 4.38. The Hall–Kier alpha value is -2.15. The molecule has 0 bridgehead atoms. The van der Waals surface area contributed by atoms with Crippen LogP contribution in [-0.4, -0.2) is 9.55 Å². The van der Waals surface area contributed by atoms with Gasteiger partial charge in [-0.05, 0) is 37.6 Å². The zero-order valence-electron chi connectivity index (χ0n) is 9.74. The summed E-state index contributed by atoms with van der Waals surface area (Å²) >= 11 is 0. The van der Waals surface area contributed by atoms with Gasteiger partial charge in [0.15, 0.2) is 0 Å². The van der Waals surface area contributed by atoms with Crippen LogP contribution >= 0.6 is 0 Å². The summed E-state index contributed by atoms with van der Waals surface area (Å²) in [6.45, 7) is 4.34. The predicted octanol–water partition coefficient (Wildman–Crippen LogP) is 2.56. The summed E-state index contributed by atoms with van der Waals surface area (Å²) in [4.78, 5) is 4.18. The van der Waals surface area contributed by atoms with Gasteiger partial charge in [-0.3, -0.25) is 0 Å². The first-order valence-electron chi connectivity index (χ1n) is 5.28. The van der Waals surface area contributed by atoms with Crippen LogP contribution in [0.3, 0.4) is 0 Å². The molecule has 2 rings (SSSR count). The van der Waals surface area contributed by atoms with Crippen molar-refractivity contribution in [2.24, 2.45) is 0 Å². The lowest BCUT2D eigenvalue weighted by Gasteiger charge is -2.07. The van der Waals surface area contributed by atoms with Gasteiger partial charge in [-0.2, -0.15) is 5.26 Å². The zero-order chi connectivity index (χ0) is 12.4. The van der Waals surface area contributed by atoms with Gasteiger partial charge in [0.05, 0.1) is 30.2 Å². The minimum Gasteiger partial charge on any atom is -0.330 e. The van der Waals surface area contributed by atoms with Crippen molar-refractivity contribution in [3.63, 3.8) is 0 Å². The van der Waals surface area contributed by atoms with E-state index in [0.717, 1.165) is 11.4 Å². The number of benzene rings is 1. The van der Waals surface area contributed by atoms with Gasteiger partial charge in [0.2, 0.25) is 0 Å². The minimum absolute atomic E-state index is 0.325. The van der Waals surface area contributed by atoms with Crippen molar-refractivity contribution in [3.05, 3.63) is 52.9 Å². The molecule has 0 aliphatic rings. The molecule has 4 heteroatoms. The molecule has 0 aliphatic carbocycles. The van der Waals surface area contributed by atoms with Crippen LogP contribution in [0.1, 0.15) is 22.5 Å². The topological polar surface area (TPSA) is 41.6 Å². The van der Waals surface area contributed by atoms with Crippen LogP contribution < -0.4 is 0 Å². The summed E-state index contributed by atoms with van der Waals surface area (Å²) in [5, 5.41) is 8.96. The smallest absolute Gasteiger partial charge is 0.123 e. The van der Waals surface area contributed by atoms with Crippen molar-refractivity contribution in [1.29, 1.82) is 5.26 Å². The van der Waals surface area contributed by atoms with Crippen molar-refractivity contribution in [2.45, 2.75) is 20.4 Å². The molecule has 1 aromatic heterocycles. The lowest BCUT2D eigenvalue weighted by atomic mass is 10.1. The Morgan fingerprint density at radius 2 is 2.18 bits per heavy atom. The Morgan fingerprint density at radius 1 is 1.41 bits per heavy atom. The second-order valence-corrected chi connectivity index (χ2v) is 3.96. The van der Waals surface area contributed by atoms with E-state index in [0.29, 0.717) is 17.7 Å². The van der Waals surface area contributed by atoms with Gasteiger partial charge < -0.3 is 4.57 Å². The molecule has 2 aromatic rings. The fraction of sp³-hybridized carbons (Fsp3) is 0.231. The van der Waals surface area contributed by atoms with E-state index >= 15 is 0 Å². The number of hydrogen-bond acceptors (Lipinski definition) is 2. The molecule has 3 nitrogen and oxygen atoms in total. The number of rotatable bonds is 2. The monoisotopic (exact) mass is 229 g/mol. The number of halogens is 1. The highest BCUT2D eigenvalue weighted by Crippen LogP contribution is 2.14. The Labute approximate surface area is 99.1 Å². The molecule has 0 saturated carbocycles. The molecule has 86 valence electrons. The van der Waals surface area contributed by atoms with Crippen LogP contribution in [0.5, 0.6) is 0 Å². The third-order valence-corrected chi connectivity index (χ3v) is 2.87. The molecule has 0 fully saturated rings. The van der Waals surface area contributed by atoms with E-state index in [1.54, 1.807) is 6.33 Å². The molecule has 0 unspecified atom stereocenters. The minimum atomic E-state index is -0.325. The first-order valence-corrected chi connectivity index (χ1v) is 5.28. The van der Waals surface area contributed by atoms with Gasteiger partial charge in [-0.1, -0.05) is 0 Å². The normalized spacial score (nSPS) is 10.2. The average molecular weight is 229 g/mol. The van der Waals surface area contributed by atoms with E-state index in [1.807, 2.05) is 18.4 Å². The molecular weight excluding hydrogens is 217 g/mol. The molecule has 17 heavy (non-hydrogen) atoms. The van der Waals surface area contributed by atoms with E-state index in [4.69, 9.17) is 5.26 Å². The van der Waals surface area contributed by atoms with Crippen molar-refractivity contribution >= 4 is 0 Å². The van der Waals surface area contributed by atoms with Crippen molar-refractivity contribution in [2.75, 3.05) is 0 Å². The maximum atomic E-state index is 13.2. The van der Waals surface area contributed by atoms with E-state index in [9.17, 15) is 4.39 Å². The fourth-order valence-electron chi connectivity index (χ4n) is 1.69. The van der Waals surface area contributed by atoms with E-state index in [1.165, 1.54) is 18.2 Å². The SMILES string of the molecule is Cc1ncn(Cc2cc(F)ccc2C#N)c1C. The Kier molecular flexibility index (Phi) is 2.92. The van der Waals surface area contributed by atoms with Gasteiger partial charge in [0.1, 0.15) is 5.82 Å². The molecule has 1 heterocycles. The first kappa shape index (κ1) is 11.3. The molecule has 0 saturated heterocycles. The fourth-order valence-corrected chi connectivity index (χ4v) is 1.69. The highest BCUT2D eigenvalue weighted by atomic mass is 19.1. The standard InChI is InChI=1S/C13H12FN3/c1-9-10(2)17(8-16-9)7-12-5-13(14)4-3-11(12)6-15/h3-5,8H,7H2,1-2H3. The van der Waals surface area contributed by atoms with Gasteiger partial charge in [0.25, 0.3) is 0 Å². The van der Waals surface area contributed by atoms with E-state index in [2.05, 4.69) is 11.1 Å². The van der Waals surface area contributed by atoms with Crippen LogP contribution in [-0.2, 0) is 6.54 Å². The van der Waals surface area contributed by atoms with Gasteiger partial charge in [-0.25, -0.2) is 9.37 Å². The summed E-state index contributed by atoms with van der Waals surface area (Å²) in [6, 6.07) is 6.27. The lowest BCUT2D eigenvalue weighted by molar-refractivity contribution is 0.622. The quantitative estimate of drug-likeness (QED) is 0.794. The van der Waals surface area contributed by atoms with Crippen molar-refractivity contribution < 1.29 is 4.39 Å². The third-order valence-electron chi connectivity index (χ3n) is 2.87. The third kappa shape index (κ3) is 2.18. The van der Waals surface area contributed by atoms with Gasteiger partial charge in [0, 0.05) is 5.69 Å². The molecule has 0 amide bonds. The maximum absolute atomic E-state index is 13.2. The second-order valence-electron chi connectivity index (χ2n) is 3.96. The number of nitriles is 1. The summed E-state index contributed by atoms with van der Waals surface area (Å²) < 4.78 is 15.1. The van der Waals surface area contributed by atoms with E-state index < -0.39 is 0 Å². The Balaban J connectivity index is 2.39. The van der Waals surface area contributed by atoms with Gasteiger partial charge >= 0.3 is 0 Å². The highest BCUT2D eigenvalue weighted by Gasteiger charge is 2.07. The van der Waals surface area contributed by atoms with Crippen LogP contribution in [0.15, 0.2) is 24.5 Å². The number of imidazole rings is 1. The number of nitrogens with zero attached hydrogens (tertiary/aromatic N) is 3. The summed E-state index contributed by atoms with van der Waals surface area (Å²) in [7, 11) is 0. The highest BCUT2D eigenvalue weighted by molar-refractivity contribution is 5.38. The predicted molar refractivity (Wildman–Crippen MR) is 61.9 cm³/mol. The maximum Gasteiger partial charge on any atom is 0.123 e. The molecule has 0 N–H and O–H groups in total. The van der Waals surface area contributed by atoms with Crippen molar-refractivity contribution in [3.8, 4) is 6.07 Å². The molecule has 0 atom stereocenters. The Morgan fingerprint density at radius 3 is 2.76 bits per heavy atom. The number of hydrogen-bond donors (Lipinski definition) is 0. The van der Waals surface area contributed by atoms with Crippen LogP contribution in [0, 0.1) is 31.0 Å². The number of aromatic nitrogens is 2. The molecular formula is C13H12FN3. The molecule has 0 radical (unpaired) electrons. The first-order chi connectivity index (χ1) is 8.11. The molecule has 1 aromatic carbocycles. The van der Waals surface area contributed by atoms with Crippen LogP contribution in [0.25, 0.3) is 0 Å². The van der Waals surface area contributed by atoms with Gasteiger partial charge in [-0.15, -0.1) is 0 Å². The lowest BCUT2D eigenvalue weighted by Crippen LogP contribution is -2.03. The van der Waals surface area contributed by atoms with Crippen molar-refractivity contribution in [1.82, 2.24) is 9.55 Å². The number of aryl methyl sites for hydroxylation is 1. The van der Waals surface area contributed by atoms with E-state index in [-0.39, 0.29) is 5.82 Å². The largest absolute Gasteiger partial charge is 0.330 e. The summed E-state index contributed by atoms with van der Waals surface area (Å²) in [6.07, 6.45) is 1.71. The van der Waals surface area contributed by atoms with Crippen LogP contribution in [0.4, 0.5) is 4.39 Å².